The van der Waals surface area contributed by atoms with Crippen LogP contribution in [-0.4, -0.2) is 132 Å². The highest BCUT2D eigenvalue weighted by atomic mass is 19.4. The van der Waals surface area contributed by atoms with Gasteiger partial charge in [0.05, 0.1) is 28.0 Å². The second-order valence-electron chi connectivity index (χ2n) is 19.0. The zero-order valence-electron chi connectivity index (χ0n) is 41.7. The number of carbonyl (C=O) groups is 6. The molecule has 0 aromatic rings. The maximum Gasteiger partial charge on any atom is 0.486 e. The van der Waals surface area contributed by atoms with Crippen LogP contribution in [0.15, 0.2) is 37.0 Å². The van der Waals surface area contributed by atoms with Crippen LogP contribution in [0.25, 0.3) is 0 Å². The number of halogens is 11. The Balaban J connectivity index is 0.000000376. The van der Waals surface area contributed by atoms with Crippen molar-refractivity contribution in [2.45, 2.75) is 185 Å². The topological polar surface area (TPSA) is 213 Å². The summed E-state index contributed by atoms with van der Waals surface area (Å²) in [5.41, 5.74) is -8.78. The van der Waals surface area contributed by atoms with Gasteiger partial charge in [-0.05, 0) is 95.9 Å². The average Bonchev–Trinajstić information content (AvgIpc) is 3.88. The molecule has 418 valence electrons. The van der Waals surface area contributed by atoms with Gasteiger partial charge in [-0.1, -0.05) is 32.6 Å². The van der Waals surface area contributed by atoms with Gasteiger partial charge in [0.15, 0.2) is 19.8 Å². The Bertz CT molecular complexity index is 2100. The number of ether oxygens (including phenoxy) is 12. The zero-order chi connectivity index (χ0) is 57.3. The van der Waals surface area contributed by atoms with Crippen LogP contribution < -0.4 is 0 Å². The molecular weight excluding hydrogens is 1030 g/mol. The van der Waals surface area contributed by atoms with E-state index in [9.17, 15) is 77.1 Å². The van der Waals surface area contributed by atoms with Crippen molar-refractivity contribution < 1.29 is 134 Å². The first kappa shape index (κ1) is 64.1. The van der Waals surface area contributed by atoms with Crippen molar-refractivity contribution in [1.82, 2.24) is 0 Å². The standard InChI is InChI=1S/C16H21F3O6.C15H19F5O6.C13H17F3O6/c1-10(2)12(21)22-9-11(20)23-16(15(17,18)19)24-13(3,4)14(25-16)7-5-6-8-14;1-8(2)10(22)23-7-9(21)24-15(13(16,17)14(18,19)20)25-11(3,4)12(5,6)26-15;1-6-8(17)19-7-9(18)20-13(12(14,15)16)21-10(2,3)11(4,5)22-13/h1,5-9H2,2-4H3;1,7H2,2-6H3;6H,1,7H2,2-5H3. The molecule has 0 aromatic heterocycles. The molecule has 4 aliphatic rings. The monoisotopic (exact) mass is 1080 g/mol. The van der Waals surface area contributed by atoms with Gasteiger partial charge in [-0.15, -0.1) is 0 Å². The summed E-state index contributed by atoms with van der Waals surface area (Å²) in [6.45, 7) is 22.1. The lowest BCUT2D eigenvalue weighted by Gasteiger charge is -2.35. The highest BCUT2D eigenvalue weighted by Crippen LogP contribution is 2.58. The molecule has 0 amide bonds. The molecule has 4 fully saturated rings. The van der Waals surface area contributed by atoms with Gasteiger partial charge in [-0.25, -0.2) is 28.8 Å². The van der Waals surface area contributed by atoms with Crippen LogP contribution in [0, 0.1) is 0 Å². The van der Waals surface area contributed by atoms with E-state index >= 15 is 0 Å². The normalized spacial score (nSPS) is 23.5. The minimum absolute atomic E-state index is 0.00209. The number of carbonyl (C=O) groups excluding carboxylic acids is 6. The fraction of sp³-hybridized carbons (Fsp3) is 0.727. The van der Waals surface area contributed by atoms with Crippen LogP contribution in [0.1, 0.15) is 109 Å². The summed E-state index contributed by atoms with van der Waals surface area (Å²) < 4.78 is 204. The molecule has 3 heterocycles. The molecule has 3 saturated heterocycles. The zero-order valence-corrected chi connectivity index (χ0v) is 41.7. The quantitative estimate of drug-likeness (QED) is 0.0736. The molecule has 1 aliphatic carbocycles. The van der Waals surface area contributed by atoms with Crippen LogP contribution >= 0.6 is 0 Å². The lowest BCUT2D eigenvalue weighted by atomic mass is 9.85. The first-order valence-corrected chi connectivity index (χ1v) is 21.4. The third-order valence-corrected chi connectivity index (χ3v) is 11.7. The van der Waals surface area contributed by atoms with Crippen LogP contribution in [0.4, 0.5) is 48.3 Å². The largest absolute Gasteiger partial charge is 0.486 e. The minimum Gasteiger partial charge on any atom is -0.451 e. The molecule has 18 nitrogen and oxygen atoms in total. The summed E-state index contributed by atoms with van der Waals surface area (Å²) in [6.07, 6.45) is -13.6. The minimum atomic E-state index is -6.15. The third-order valence-electron chi connectivity index (χ3n) is 11.7. The van der Waals surface area contributed by atoms with Gasteiger partial charge in [-0.2, -0.15) is 48.3 Å². The summed E-state index contributed by atoms with van der Waals surface area (Å²) in [5.74, 6) is -24.5. The van der Waals surface area contributed by atoms with Crippen LogP contribution in [-0.2, 0) is 85.6 Å². The molecule has 0 radical (unpaired) electrons. The van der Waals surface area contributed by atoms with E-state index in [1.165, 1.54) is 83.1 Å². The van der Waals surface area contributed by atoms with Crippen molar-refractivity contribution in [1.29, 1.82) is 0 Å². The van der Waals surface area contributed by atoms with E-state index in [0.29, 0.717) is 25.7 Å². The van der Waals surface area contributed by atoms with Crippen molar-refractivity contribution in [3.8, 4) is 0 Å². The molecule has 1 saturated carbocycles. The summed E-state index contributed by atoms with van der Waals surface area (Å²) in [4.78, 5) is 68.3. The smallest absolute Gasteiger partial charge is 0.451 e. The molecule has 73 heavy (non-hydrogen) atoms. The van der Waals surface area contributed by atoms with Gasteiger partial charge < -0.3 is 56.8 Å². The second-order valence-corrected chi connectivity index (χ2v) is 19.0. The Morgan fingerprint density at radius 2 is 0.767 bits per heavy atom. The summed E-state index contributed by atoms with van der Waals surface area (Å²) in [5, 5.41) is 0. The maximum atomic E-state index is 14.1. The highest BCUT2D eigenvalue weighted by molar-refractivity contribution is 5.89. The van der Waals surface area contributed by atoms with Gasteiger partial charge >= 0.3 is 78.2 Å². The van der Waals surface area contributed by atoms with E-state index in [0.717, 1.165) is 6.08 Å². The van der Waals surface area contributed by atoms with Crippen molar-refractivity contribution in [3.05, 3.63) is 37.0 Å². The number of alkyl halides is 11. The van der Waals surface area contributed by atoms with Gasteiger partial charge in [0, 0.05) is 17.2 Å². The van der Waals surface area contributed by atoms with E-state index in [4.69, 9.17) is 28.4 Å². The fourth-order valence-electron chi connectivity index (χ4n) is 6.42. The van der Waals surface area contributed by atoms with E-state index in [1.807, 2.05) is 0 Å². The van der Waals surface area contributed by atoms with Crippen LogP contribution in [0.2, 0.25) is 0 Å². The van der Waals surface area contributed by atoms with Gasteiger partial charge in [-0.3, -0.25) is 0 Å². The Hall–Kier alpha value is -4.97. The number of hydrogen-bond donors (Lipinski definition) is 0. The number of rotatable bonds is 13. The van der Waals surface area contributed by atoms with Gasteiger partial charge in [0.2, 0.25) is 0 Å². The summed E-state index contributed by atoms with van der Waals surface area (Å²) in [6, 6.07) is 0. The number of hydrogen-bond acceptors (Lipinski definition) is 18. The molecule has 1 spiro atoms. The van der Waals surface area contributed by atoms with Crippen molar-refractivity contribution in [2.75, 3.05) is 19.8 Å². The first-order chi connectivity index (χ1) is 32.5. The summed E-state index contributed by atoms with van der Waals surface area (Å²) in [7, 11) is 0. The lowest BCUT2D eigenvalue weighted by Crippen LogP contribution is -2.61. The maximum absolute atomic E-state index is 14.1. The molecule has 1 unspecified atom stereocenters. The van der Waals surface area contributed by atoms with Crippen molar-refractivity contribution in [2.24, 2.45) is 0 Å². The predicted molar refractivity (Wildman–Crippen MR) is 220 cm³/mol. The molecular formula is C44H57F11O18. The Labute approximate surface area is 411 Å². The fourth-order valence-corrected chi connectivity index (χ4v) is 6.42. The van der Waals surface area contributed by atoms with E-state index in [1.54, 1.807) is 0 Å². The van der Waals surface area contributed by atoms with Crippen LogP contribution in [0.5, 0.6) is 0 Å². The predicted octanol–water partition coefficient (Wildman–Crippen LogP) is 8.19. The molecule has 0 bridgehead atoms. The summed E-state index contributed by atoms with van der Waals surface area (Å²) >= 11 is 0. The second kappa shape index (κ2) is 21.3. The molecule has 4 rings (SSSR count). The SMILES string of the molecule is C=C(C)C(=O)OCC(=O)OC1(C(F)(F)C(F)(F)F)OC(C)(C)C(C)(C)O1.C=C(C)C(=O)OCC(=O)OC1(C(F)(F)F)OC(C)(C)C2(CCCC2)O1.C=CC(=O)OCC(=O)OC1(C(F)(F)F)OC(C)(C)C(C)(C)O1. The third kappa shape index (κ3) is 13.9. The van der Waals surface area contributed by atoms with Gasteiger partial charge in [0.25, 0.3) is 0 Å². The van der Waals surface area contributed by atoms with Crippen molar-refractivity contribution in [3.63, 3.8) is 0 Å². The Morgan fingerprint density at radius 3 is 1.07 bits per heavy atom. The molecule has 3 aliphatic heterocycles. The van der Waals surface area contributed by atoms with E-state index in [2.05, 4.69) is 48.2 Å². The first-order valence-electron chi connectivity index (χ1n) is 21.4. The highest BCUT2D eigenvalue weighted by Gasteiger charge is 2.82. The Kier molecular flexibility index (Phi) is 18.7. The molecule has 0 N–H and O–H groups in total. The van der Waals surface area contributed by atoms with Gasteiger partial charge in [0.1, 0.15) is 5.60 Å². The van der Waals surface area contributed by atoms with Crippen molar-refractivity contribution >= 4 is 35.8 Å². The number of esters is 6. The Morgan fingerprint density at radius 1 is 0.479 bits per heavy atom. The molecule has 1 atom stereocenters. The molecule has 29 heteroatoms. The average molecular weight is 1080 g/mol. The van der Waals surface area contributed by atoms with Crippen LogP contribution in [0.3, 0.4) is 0 Å². The van der Waals surface area contributed by atoms with E-state index < -0.39 is 132 Å². The lowest BCUT2D eigenvalue weighted by molar-refractivity contribution is -0.468. The molecule has 0 aromatic carbocycles. The van der Waals surface area contributed by atoms with E-state index in [-0.39, 0.29) is 11.1 Å².